The van der Waals surface area contributed by atoms with Crippen molar-refractivity contribution in [2.75, 3.05) is 12.4 Å². The fraction of sp³-hybridized carbons (Fsp3) is 0.538. The summed E-state index contributed by atoms with van der Waals surface area (Å²) in [5.74, 6) is 1.00. The van der Waals surface area contributed by atoms with Gasteiger partial charge in [-0.25, -0.2) is 9.97 Å². The number of aromatic nitrogens is 2. The van der Waals surface area contributed by atoms with Crippen LogP contribution in [0.3, 0.4) is 0 Å². The van der Waals surface area contributed by atoms with Gasteiger partial charge in [0.05, 0.1) is 6.10 Å². The van der Waals surface area contributed by atoms with Gasteiger partial charge in [-0.05, 0) is 32.3 Å². The average Bonchev–Trinajstić information content (AvgIpc) is 2.97. The number of fused-ring (bicyclic) bond motifs is 1. The van der Waals surface area contributed by atoms with Gasteiger partial charge in [-0.2, -0.15) is 0 Å². The first-order valence-electron chi connectivity index (χ1n) is 6.21. The third-order valence-electron chi connectivity index (χ3n) is 3.36. The molecule has 2 aromatic heterocycles. The van der Waals surface area contributed by atoms with Crippen molar-refractivity contribution in [1.82, 2.24) is 9.97 Å². The zero-order valence-electron chi connectivity index (χ0n) is 10.6. The van der Waals surface area contributed by atoms with E-state index in [9.17, 15) is 0 Å². The molecule has 1 fully saturated rings. The number of ether oxygens (including phenoxy) is 1. The van der Waals surface area contributed by atoms with E-state index in [2.05, 4.69) is 23.8 Å². The molecule has 18 heavy (non-hydrogen) atoms. The van der Waals surface area contributed by atoms with Crippen molar-refractivity contribution in [2.45, 2.75) is 37.8 Å². The molecule has 3 rings (SSSR count). The number of thioether (sulfide) groups is 1. The maximum absolute atomic E-state index is 5.66. The predicted molar refractivity (Wildman–Crippen MR) is 76.6 cm³/mol. The Balaban J connectivity index is 1.86. The van der Waals surface area contributed by atoms with E-state index in [1.54, 1.807) is 29.4 Å². The fourth-order valence-electron chi connectivity index (χ4n) is 2.21. The molecule has 0 saturated carbocycles. The second kappa shape index (κ2) is 5.15. The highest BCUT2D eigenvalue weighted by Gasteiger charge is 2.18. The van der Waals surface area contributed by atoms with Gasteiger partial charge in [0.15, 0.2) is 0 Å². The summed E-state index contributed by atoms with van der Waals surface area (Å²) in [6, 6.07) is 0. The zero-order chi connectivity index (χ0) is 12.5. The maximum Gasteiger partial charge on any atom is 0.128 e. The van der Waals surface area contributed by atoms with Gasteiger partial charge in [-0.1, -0.05) is 0 Å². The van der Waals surface area contributed by atoms with Gasteiger partial charge in [-0.3, -0.25) is 0 Å². The molecular weight excluding hydrogens is 264 g/mol. The number of rotatable bonds is 3. The Morgan fingerprint density at radius 1 is 1.44 bits per heavy atom. The lowest BCUT2D eigenvalue weighted by atomic mass is 10.2. The Hall–Kier alpha value is -0.650. The standard InChI is InChI=1S/C13H16N2OS2/c1-8-9(2)18-13-11(8)12(14-7-15-13)17-6-10-4-3-5-16-10/h7,10H,3-6H2,1-2H3. The second-order valence-corrected chi connectivity index (χ2v) is 6.80. The first-order chi connectivity index (χ1) is 8.75. The smallest absolute Gasteiger partial charge is 0.128 e. The minimum Gasteiger partial charge on any atom is -0.377 e. The minimum atomic E-state index is 0.403. The summed E-state index contributed by atoms with van der Waals surface area (Å²) in [7, 11) is 0. The third-order valence-corrected chi connectivity index (χ3v) is 5.60. The Bertz CT molecular complexity index is 561. The molecule has 0 radical (unpaired) electrons. The molecule has 0 bridgehead atoms. The van der Waals surface area contributed by atoms with Gasteiger partial charge >= 0.3 is 0 Å². The van der Waals surface area contributed by atoms with E-state index in [0.29, 0.717) is 6.10 Å². The Morgan fingerprint density at radius 2 is 2.33 bits per heavy atom. The molecule has 1 atom stereocenters. The Kier molecular flexibility index (Phi) is 3.54. The molecule has 0 aliphatic carbocycles. The van der Waals surface area contributed by atoms with Crippen molar-refractivity contribution in [1.29, 1.82) is 0 Å². The van der Waals surface area contributed by atoms with Crippen molar-refractivity contribution in [3.8, 4) is 0 Å². The zero-order valence-corrected chi connectivity index (χ0v) is 12.2. The summed E-state index contributed by atoms with van der Waals surface area (Å²) in [5, 5.41) is 2.35. The van der Waals surface area contributed by atoms with Crippen LogP contribution in [-0.4, -0.2) is 28.4 Å². The van der Waals surface area contributed by atoms with E-state index in [1.807, 2.05) is 0 Å². The van der Waals surface area contributed by atoms with Crippen molar-refractivity contribution < 1.29 is 4.74 Å². The monoisotopic (exact) mass is 280 g/mol. The van der Waals surface area contributed by atoms with Gasteiger partial charge in [-0.15, -0.1) is 23.1 Å². The second-order valence-electron chi connectivity index (χ2n) is 4.59. The van der Waals surface area contributed by atoms with Crippen LogP contribution in [0.5, 0.6) is 0 Å². The number of aryl methyl sites for hydroxylation is 2. The molecule has 1 aliphatic heterocycles. The molecule has 3 heterocycles. The van der Waals surface area contributed by atoms with Crippen molar-refractivity contribution >= 4 is 33.3 Å². The van der Waals surface area contributed by atoms with E-state index < -0.39 is 0 Å². The molecule has 2 aromatic rings. The largest absolute Gasteiger partial charge is 0.377 e. The normalized spacial score (nSPS) is 19.8. The molecule has 0 N–H and O–H groups in total. The average molecular weight is 280 g/mol. The summed E-state index contributed by atoms with van der Waals surface area (Å²) in [5.41, 5.74) is 1.32. The molecule has 3 nitrogen and oxygen atoms in total. The topological polar surface area (TPSA) is 35.0 Å². The number of nitrogens with zero attached hydrogens (tertiary/aromatic N) is 2. The summed E-state index contributed by atoms with van der Waals surface area (Å²) in [6.07, 6.45) is 4.46. The Labute approximate surface area is 115 Å². The van der Waals surface area contributed by atoms with E-state index in [-0.39, 0.29) is 0 Å². The lowest BCUT2D eigenvalue weighted by Crippen LogP contribution is -2.08. The predicted octanol–water partition coefficient (Wildman–Crippen LogP) is 3.58. The SMILES string of the molecule is Cc1sc2ncnc(SCC3CCCO3)c2c1C. The maximum atomic E-state index is 5.66. The van der Waals surface area contributed by atoms with Gasteiger partial charge < -0.3 is 4.74 Å². The fourth-order valence-corrected chi connectivity index (χ4v) is 4.39. The highest BCUT2D eigenvalue weighted by molar-refractivity contribution is 7.99. The van der Waals surface area contributed by atoms with Gasteiger partial charge in [0.2, 0.25) is 0 Å². The highest BCUT2D eigenvalue weighted by atomic mass is 32.2. The van der Waals surface area contributed by atoms with Crippen LogP contribution in [0.15, 0.2) is 11.4 Å². The Morgan fingerprint density at radius 3 is 3.11 bits per heavy atom. The van der Waals surface area contributed by atoms with Crippen LogP contribution in [0.4, 0.5) is 0 Å². The molecule has 0 amide bonds. The molecule has 96 valence electrons. The van der Waals surface area contributed by atoms with Crippen molar-refractivity contribution in [3.63, 3.8) is 0 Å². The molecule has 1 saturated heterocycles. The lowest BCUT2D eigenvalue weighted by Gasteiger charge is -2.08. The molecule has 0 spiro atoms. The minimum absolute atomic E-state index is 0.403. The van der Waals surface area contributed by atoms with Crippen molar-refractivity contribution in [2.24, 2.45) is 0 Å². The summed E-state index contributed by atoms with van der Waals surface area (Å²) >= 11 is 3.56. The number of hydrogen-bond acceptors (Lipinski definition) is 5. The quantitative estimate of drug-likeness (QED) is 0.636. The molecule has 5 heteroatoms. The first-order valence-corrected chi connectivity index (χ1v) is 8.01. The molecule has 0 aromatic carbocycles. The van der Waals surface area contributed by atoms with E-state index >= 15 is 0 Å². The first kappa shape index (κ1) is 12.4. The number of hydrogen-bond donors (Lipinski definition) is 0. The van der Waals surface area contributed by atoms with E-state index in [4.69, 9.17) is 4.74 Å². The number of thiophene rings is 1. The summed E-state index contributed by atoms with van der Waals surface area (Å²) in [6.45, 7) is 5.23. The highest BCUT2D eigenvalue weighted by Crippen LogP contribution is 2.35. The van der Waals surface area contributed by atoms with Gasteiger partial charge in [0.25, 0.3) is 0 Å². The van der Waals surface area contributed by atoms with Gasteiger partial charge in [0, 0.05) is 22.6 Å². The van der Waals surface area contributed by atoms with Crippen LogP contribution in [0, 0.1) is 13.8 Å². The van der Waals surface area contributed by atoms with Crippen molar-refractivity contribution in [3.05, 3.63) is 16.8 Å². The van der Waals surface area contributed by atoms with Crippen LogP contribution >= 0.6 is 23.1 Å². The van der Waals surface area contributed by atoms with E-state index in [1.165, 1.54) is 28.7 Å². The summed E-state index contributed by atoms with van der Waals surface area (Å²) < 4.78 is 5.66. The van der Waals surface area contributed by atoms with Crippen LogP contribution in [0.25, 0.3) is 10.2 Å². The van der Waals surface area contributed by atoms with Crippen LogP contribution in [0.2, 0.25) is 0 Å². The van der Waals surface area contributed by atoms with E-state index in [0.717, 1.165) is 22.2 Å². The van der Waals surface area contributed by atoms with Crippen LogP contribution < -0.4 is 0 Å². The third kappa shape index (κ3) is 2.27. The lowest BCUT2D eigenvalue weighted by molar-refractivity contribution is 0.129. The molecule has 1 unspecified atom stereocenters. The molecule has 1 aliphatic rings. The molecular formula is C13H16N2OS2. The van der Waals surface area contributed by atoms with Gasteiger partial charge in [0.1, 0.15) is 16.2 Å². The van der Waals surface area contributed by atoms with Crippen LogP contribution in [0.1, 0.15) is 23.3 Å². The summed E-state index contributed by atoms with van der Waals surface area (Å²) in [4.78, 5) is 11.3. The van der Waals surface area contributed by atoms with Crippen LogP contribution in [-0.2, 0) is 4.74 Å².